The number of anilines is 1. The molecule has 9 nitrogen and oxygen atoms in total. The third kappa shape index (κ3) is 4.81. The molecule has 1 N–H and O–H groups in total. The highest BCUT2D eigenvalue weighted by Gasteiger charge is 2.27. The molecule has 1 aliphatic heterocycles. The van der Waals surface area contributed by atoms with Gasteiger partial charge in [-0.15, -0.1) is 0 Å². The van der Waals surface area contributed by atoms with Gasteiger partial charge >= 0.3 is 12.1 Å². The Morgan fingerprint density at radius 1 is 1.03 bits per heavy atom. The van der Waals surface area contributed by atoms with Gasteiger partial charge in [0, 0.05) is 49.2 Å². The normalized spacial score (nSPS) is 16.5. The second-order valence-corrected chi connectivity index (χ2v) is 9.19. The van der Waals surface area contributed by atoms with E-state index in [9.17, 15) is 14.7 Å². The molecule has 1 fully saturated rings. The Hall–Kier alpha value is -3.23. The Morgan fingerprint density at radius 3 is 2.38 bits per heavy atom. The summed E-state index contributed by atoms with van der Waals surface area (Å²) in [6.45, 7) is 8.02. The molecule has 0 unspecified atom stereocenters. The average Bonchev–Trinajstić information content (AvgIpc) is 2.77. The van der Waals surface area contributed by atoms with Gasteiger partial charge in [0.2, 0.25) is 0 Å². The molecule has 0 atom stereocenters. The lowest BCUT2D eigenvalue weighted by Crippen LogP contribution is -2.50. The van der Waals surface area contributed by atoms with Crippen LogP contribution in [0.1, 0.15) is 55.4 Å². The highest BCUT2D eigenvalue weighted by atomic mass is 16.6. The number of aromatic nitrogens is 3. The average molecular weight is 440 g/mol. The number of fused-ring (bicyclic) bond motifs is 1. The van der Waals surface area contributed by atoms with Crippen molar-refractivity contribution >= 4 is 17.9 Å². The summed E-state index contributed by atoms with van der Waals surface area (Å²) in [6, 6.07) is 3.76. The number of amides is 1. The van der Waals surface area contributed by atoms with Gasteiger partial charge in [0.1, 0.15) is 11.4 Å². The van der Waals surface area contributed by atoms with E-state index in [1.165, 1.54) is 0 Å². The number of aromatic carboxylic acids is 1. The first-order chi connectivity index (χ1) is 15.2. The Morgan fingerprint density at radius 2 is 1.75 bits per heavy atom. The van der Waals surface area contributed by atoms with Gasteiger partial charge in [0.05, 0.1) is 0 Å². The zero-order valence-corrected chi connectivity index (χ0v) is 18.8. The van der Waals surface area contributed by atoms with E-state index in [0.29, 0.717) is 44.0 Å². The number of ether oxygens (including phenoxy) is 1. The number of piperazine rings is 1. The van der Waals surface area contributed by atoms with Crippen LogP contribution in [0, 0.1) is 0 Å². The highest BCUT2D eigenvalue weighted by molar-refractivity contribution is 5.88. The summed E-state index contributed by atoms with van der Waals surface area (Å²) in [5, 5.41) is 9.60. The minimum Gasteiger partial charge on any atom is -0.476 e. The highest BCUT2D eigenvalue weighted by Crippen LogP contribution is 2.26. The molecule has 3 heterocycles. The molecule has 0 spiro atoms. The van der Waals surface area contributed by atoms with Crippen molar-refractivity contribution in [2.75, 3.05) is 31.1 Å². The van der Waals surface area contributed by atoms with Gasteiger partial charge < -0.3 is 19.6 Å². The molecule has 1 aliphatic carbocycles. The van der Waals surface area contributed by atoms with Gasteiger partial charge in [-0.05, 0) is 58.6 Å². The first-order valence-corrected chi connectivity index (χ1v) is 11.0. The van der Waals surface area contributed by atoms with Gasteiger partial charge in [-0.3, -0.25) is 0 Å². The van der Waals surface area contributed by atoms with Crippen LogP contribution < -0.4 is 4.90 Å². The van der Waals surface area contributed by atoms with E-state index in [1.54, 1.807) is 11.1 Å². The van der Waals surface area contributed by atoms with Gasteiger partial charge in [-0.1, -0.05) is 0 Å². The van der Waals surface area contributed by atoms with E-state index in [1.807, 2.05) is 32.9 Å². The molecule has 32 heavy (non-hydrogen) atoms. The van der Waals surface area contributed by atoms with Gasteiger partial charge in [-0.2, -0.15) is 0 Å². The number of aryl methyl sites for hydroxylation is 1. The Balaban J connectivity index is 1.46. The molecule has 2 aliphatic rings. The largest absolute Gasteiger partial charge is 0.476 e. The van der Waals surface area contributed by atoms with Crippen LogP contribution in [0.2, 0.25) is 0 Å². The SMILES string of the molecule is CC(C)(C)OC(=O)N1CCN(c2ccc(-c3nc4c(c(C(=O)O)n3)CCCC4)cn2)CC1. The summed E-state index contributed by atoms with van der Waals surface area (Å²) >= 11 is 0. The summed E-state index contributed by atoms with van der Waals surface area (Å²) in [6.07, 6.45) is 4.86. The van der Waals surface area contributed by atoms with Crippen LogP contribution in [0.25, 0.3) is 11.4 Å². The van der Waals surface area contributed by atoms with Gasteiger partial charge in [0.15, 0.2) is 11.5 Å². The fourth-order valence-electron chi connectivity index (χ4n) is 4.05. The minimum absolute atomic E-state index is 0.104. The third-order valence-corrected chi connectivity index (χ3v) is 5.65. The quantitative estimate of drug-likeness (QED) is 0.777. The summed E-state index contributed by atoms with van der Waals surface area (Å²) < 4.78 is 5.45. The molecule has 0 bridgehead atoms. The van der Waals surface area contributed by atoms with E-state index in [0.717, 1.165) is 36.3 Å². The zero-order chi connectivity index (χ0) is 22.9. The predicted octanol–water partition coefficient (Wildman–Crippen LogP) is 3.17. The Bertz CT molecular complexity index is 1010. The number of nitrogens with zero attached hydrogens (tertiary/aromatic N) is 5. The lowest BCUT2D eigenvalue weighted by molar-refractivity contribution is 0.0240. The van der Waals surface area contributed by atoms with Crippen molar-refractivity contribution in [3.05, 3.63) is 35.3 Å². The number of carboxylic acids is 1. The fourth-order valence-corrected chi connectivity index (χ4v) is 4.05. The molecule has 0 saturated carbocycles. The van der Waals surface area contributed by atoms with Crippen LogP contribution in [-0.2, 0) is 17.6 Å². The molecule has 9 heteroatoms. The lowest BCUT2D eigenvalue weighted by atomic mass is 9.94. The van der Waals surface area contributed by atoms with Crippen LogP contribution in [0.3, 0.4) is 0 Å². The standard InChI is InChI=1S/C23H29N5O4/c1-23(2,3)32-22(31)28-12-10-27(11-13-28)18-9-8-15(14-24-18)20-25-17-7-5-4-6-16(17)19(26-20)21(29)30/h8-9,14H,4-7,10-13H2,1-3H3,(H,29,30). The second kappa shape index (κ2) is 8.72. The fraction of sp³-hybridized carbons (Fsp3) is 0.522. The Kier molecular flexibility index (Phi) is 5.99. The molecule has 1 amide bonds. The summed E-state index contributed by atoms with van der Waals surface area (Å²) in [5.74, 6) is 0.185. The number of carbonyl (C=O) groups excluding carboxylic acids is 1. The molecule has 2 aromatic rings. The summed E-state index contributed by atoms with van der Waals surface area (Å²) in [4.78, 5) is 41.3. The van der Waals surface area contributed by atoms with E-state index < -0.39 is 11.6 Å². The number of hydrogen-bond acceptors (Lipinski definition) is 7. The van der Waals surface area contributed by atoms with Crippen LogP contribution >= 0.6 is 0 Å². The first-order valence-electron chi connectivity index (χ1n) is 11.0. The topological polar surface area (TPSA) is 109 Å². The van der Waals surface area contributed by atoms with Gasteiger partial charge in [0.25, 0.3) is 0 Å². The monoisotopic (exact) mass is 439 g/mol. The number of carboxylic acid groups (broad SMARTS) is 1. The van der Waals surface area contributed by atoms with Crippen LogP contribution in [0.15, 0.2) is 18.3 Å². The number of pyridine rings is 1. The smallest absolute Gasteiger partial charge is 0.410 e. The van der Waals surface area contributed by atoms with Crippen molar-refractivity contribution in [3.8, 4) is 11.4 Å². The maximum Gasteiger partial charge on any atom is 0.410 e. The zero-order valence-electron chi connectivity index (χ0n) is 18.8. The molecule has 2 aromatic heterocycles. The third-order valence-electron chi connectivity index (χ3n) is 5.65. The van der Waals surface area contributed by atoms with E-state index in [2.05, 4.69) is 19.9 Å². The molecule has 0 radical (unpaired) electrons. The van der Waals surface area contributed by atoms with E-state index >= 15 is 0 Å². The molecule has 1 saturated heterocycles. The van der Waals surface area contributed by atoms with E-state index in [-0.39, 0.29) is 11.8 Å². The minimum atomic E-state index is -1.01. The number of carbonyl (C=O) groups is 2. The van der Waals surface area contributed by atoms with Crippen molar-refractivity contribution in [2.24, 2.45) is 0 Å². The van der Waals surface area contributed by atoms with E-state index in [4.69, 9.17) is 4.74 Å². The summed E-state index contributed by atoms with van der Waals surface area (Å²) in [5.41, 5.74) is 1.88. The Labute approximate surface area is 187 Å². The molecule has 170 valence electrons. The predicted molar refractivity (Wildman–Crippen MR) is 119 cm³/mol. The maximum atomic E-state index is 12.2. The molecule has 0 aromatic carbocycles. The molecule has 4 rings (SSSR count). The number of hydrogen-bond donors (Lipinski definition) is 1. The van der Waals surface area contributed by atoms with Crippen LogP contribution in [0.4, 0.5) is 10.6 Å². The lowest BCUT2D eigenvalue weighted by Gasteiger charge is -2.36. The van der Waals surface area contributed by atoms with Gasteiger partial charge in [-0.25, -0.2) is 24.5 Å². The summed E-state index contributed by atoms with van der Waals surface area (Å²) in [7, 11) is 0. The van der Waals surface area contributed by atoms with Crippen molar-refractivity contribution in [1.82, 2.24) is 19.9 Å². The van der Waals surface area contributed by atoms with Crippen molar-refractivity contribution < 1.29 is 19.4 Å². The second-order valence-electron chi connectivity index (χ2n) is 9.19. The first kappa shape index (κ1) is 22.0. The van der Waals surface area contributed by atoms with Crippen molar-refractivity contribution in [1.29, 1.82) is 0 Å². The number of rotatable bonds is 3. The van der Waals surface area contributed by atoms with Crippen molar-refractivity contribution in [2.45, 2.75) is 52.1 Å². The van der Waals surface area contributed by atoms with Crippen LogP contribution in [-0.4, -0.2) is 68.8 Å². The van der Waals surface area contributed by atoms with Crippen LogP contribution in [0.5, 0.6) is 0 Å². The maximum absolute atomic E-state index is 12.2. The van der Waals surface area contributed by atoms with Crippen molar-refractivity contribution in [3.63, 3.8) is 0 Å². The molecular formula is C23H29N5O4. The molecular weight excluding hydrogens is 410 g/mol.